The smallest absolute Gasteiger partial charge is 0.301 e. The number of aromatic nitrogens is 9. The van der Waals surface area contributed by atoms with Gasteiger partial charge >= 0.3 is 11.4 Å². The maximum absolute atomic E-state index is 11.3. The van der Waals surface area contributed by atoms with Crippen molar-refractivity contribution in [2.75, 3.05) is 45.1 Å². The van der Waals surface area contributed by atoms with E-state index in [1.54, 1.807) is 50.1 Å². The fourth-order valence-corrected chi connectivity index (χ4v) is 16.7. The van der Waals surface area contributed by atoms with Crippen molar-refractivity contribution in [3.05, 3.63) is 224 Å². The number of aliphatic hydroxyl groups is 3. The zero-order valence-corrected chi connectivity index (χ0v) is 64.7. The highest BCUT2D eigenvalue weighted by atomic mass is 79.9. The largest absolute Gasteiger partial charge is 0.497 e. The number of nitrogens with zero attached hydrogens (tertiary/aromatic N) is 11. The molecule has 3 aromatic carbocycles. The monoisotopic (exact) mass is 1620 g/mol. The second kappa shape index (κ2) is 36.7. The second-order valence-electron chi connectivity index (χ2n) is 26.2. The van der Waals surface area contributed by atoms with E-state index in [0.29, 0.717) is 72.5 Å². The first kappa shape index (κ1) is 78.3. The molecule has 0 spiro atoms. The van der Waals surface area contributed by atoms with Crippen LogP contribution in [0.5, 0.6) is 17.2 Å². The number of anilines is 2. The predicted molar refractivity (Wildman–Crippen MR) is 423 cm³/mol. The van der Waals surface area contributed by atoms with Gasteiger partial charge in [0.2, 0.25) is 11.5 Å². The highest BCUT2D eigenvalue weighted by molar-refractivity contribution is 9.10. The first-order valence-corrected chi connectivity index (χ1v) is 40.2. The lowest BCUT2D eigenvalue weighted by molar-refractivity contribution is -0.388. The number of thioether (sulfide) groups is 3. The Hall–Kier alpha value is -9.32. The summed E-state index contributed by atoms with van der Waals surface area (Å²) in [6.07, 6.45) is 15.7. The average molecular weight is 1620 g/mol. The maximum Gasteiger partial charge on any atom is 0.301 e. The summed E-state index contributed by atoms with van der Waals surface area (Å²) in [6.45, 7) is 2.61. The van der Waals surface area contributed by atoms with Crippen molar-refractivity contribution in [3.63, 3.8) is 0 Å². The van der Waals surface area contributed by atoms with Crippen molar-refractivity contribution in [3.8, 4) is 27.8 Å². The summed E-state index contributed by atoms with van der Waals surface area (Å²) >= 11 is 10.7. The summed E-state index contributed by atoms with van der Waals surface area (Å²) in [7, 11) is 4.83. The third kappa shape index (κ3) is 21.3. The summed E-state index contributed by atoms with van der Waals surface area (Å²) < 4.78 is 18.2. The average Bonchev–Trinajstić information content (AvgIpc) is 1.63. The molecule has 8 heterocycles. The molecule has 0 radical (unpaired) electrons. The van der Waals surface area contributed by atoms with Crippen LogP contribution in [0.15, 0.2) is 164 Å². The normalized spacial score (nSPS) is 17.0. The van der Waals surface area contributed by atoms with E-state index in [1.165, 1.54) is 103 Å². The van der Waals surface area contributed by atoms with E-state index in [0.717, 1.165) is 109 Å². The van der Waals surface area contributed by atoms with Crippen molar-refractivity contribution in [2.45, 2.75) is 133 Å². The first-order valence-electron chi connectivity index (χ1n) is 34.7. The summed E-state index contributed by atoms with van der Waals surface area (Å²) in [4.78, 5) is 82.5. The molecule has 0 unspecified atom stereocenters. The number of hydrogen-bond acceptors (Lipinski definition) is 28. The number of thiazole rings is 2. The second-order valence-corrected chi connectivity index (χ2v) is 32.0. The van der Waals surface area contributed by atoms with Crippen molar-refractivity contribution in [1.82, 2.24) is 44.9 Å². The van der Waals surface area contributed by atoms with Crippen LogP contribution in [0.4, 0.5) is 28.8 Å². The molecule has 0 saturated heterocycles. The van der Waals surface area contributed by atoms with E-state index in [-0.39, 0.29) is 40.1 Å². The van der Waals surface area contributed by atoms with Crippen LogP contribution < -0.4 is 30.4 Å². The molecule has 16 rings (SSSR count). The van der Waals surface area contributed by atoms with E-state index in [9.17, 15) is 50.5 Å². The number of aryl methyl sites for hydroxylation is 1. The van der Waals surface area contributed by atoms with Crippen molar-refractivity contribution >= 4 is 123 Å². The molecule has 8 aromatic heterocycles. The van der Waals surface area contributed by atoms with Gasteiger partial charge in [-0.2, -0.15) is 4.98 Å². The van der Waals surface area contributed by atoms with Gasteiger partial charge in [0.05, 0.1) is 113 Å². The van der Waals surface area contributed by atoms with Gasteiger partial charge in [-0.25, -0.2) is 19.9 Å². The van der Waals surface area contributed by atoms with Crippen LogP contribution in [0.25, 0.3) is 31.0 Å². The minimum Gasteiger partial charge on any atom is -0.497 e. The number of hydrogen-bond donors (Lipinski definition) is 6. The molecular weight excluding hydrogens is 1550 g/mol. The Labute approximate surface area is 649 Å². The number of benzene rings is 3. The summed E-state index contributed by atoms with van der Waals surface area (Å²) in [5.74, 6) is 7.43. The summed E-state index contributed by atoms with van der Waals surface area (Å²) in [5, 5.41) is 71.0. The Morgan fingerprint density at radius 3 is 1.58 bits per heavy atom. The lowest BCUT2D eigenvalue weighted by atomic mass is 10.1. The van der Waals surface area contributed by atoms with Gasteiger partial charge in [-0.15, -0.1) is 58.0 Å². The van der Waals surface area contributed by atoms with E-state index >= 15 is 0 Å². The van der Waals surface area contributed by atoms with Crippen molar-refractivity contribution in [1.29, 1.82) is 0 Å². The number of pyridine rings is 5. The number of rotatable bonds is 25. The number of aromatic amines is 1. The number of halogens is 1. The fourth-order valence-electron chi connectivity index (χ4n) is 11.4. The number of aliphatic hydroxyl groups excluding tert-OH is 3. The van der Waals surface area contributed by atoms with Gasteiger partial charge in [0, 0.05) is 77.2 Å². The van der Waals surface area contributed by atoms with Gasteiger partial charge in [-0.1, -0.05) is 36.4 Å². The van der Waals surface area contributed by atoms with Gasteiger partial charge < -0.3 is 45.1 Å². The number of ether oxygens (including phenoxy) is 3. The Kier molecular flexibility index (Phi) is 26.6. The molecule has 0 aliphatic heterocycles. The van der Waals surface area contributed by atoms with Crippen molar-refractivity contribution < 1.29 is 44.3 Å². The molecule has 562 valence electrons. The van der Waals surface area contributed by atoms with Crippen LogP contribution in [-0.2, 0) is 17.3 Å². The summed E-state index contributed by atoms with van der Waals surface area (Å²) in [6, 6.07) is 31.4. The molecule has 33 heteroatoms. The molecule has 108 heavy (non-hydrogen) atoms. The summed E-state index contributed by atoms with van der Waals surface area (Å²) in [5.41, 5.74) is 11.5. The van der Waals surface area contributed by atoms with Gasteiger partial charge in [0.25, 0.3) is 5.69 Å². The Balaban J connectivity index is 0.000000131. The number of H-pyrrole nitrogens is 1. The molecule has 6 N–H and O–H groups in total. The molecular formula is C75H77BrN14O13S5. The minimum absolute atomic E-state index is 0.0201. The molecule has 0 bridgehead atoms. The number of fused-ring (bicyclic) bond motifs is 2. The first-order chi connectivity index (χ1) is 52.3. The van der Waals surface area contributed by atoms with Crippen LogP contribution in [0.2, 0.25) is 0 Å². The van der Waals surface area contributed by atoms with Crippen LogP contribution in [-0.4, -0.2) is 128 Å². The topological polar surface area (TPSA) is 378 Å². The SMILES string of the molecule is COc1ccc(CSc2cc(=O)[nH]cc2[N+](=O)[O-])cc1.COc1ccc(CSc2cc(Br)ncc2[N+](=O)[O-])cc1.COc1ccc(CSc2cc(C3CC3)ncc2[N+](=O)[O-])cc1.Cc1nc(NCC2CC2)nc(N[C@@H]2C[C@H](CO)[C@@H](O)[C@H]2O)c1-c1nc2cnc(C3CC3)cc2s1.c1nc2cnc(C3CC3)cc2s1. The van der Waals surface area contributed by atoms with Crippen LogP contribution in [0.3, 0.4) is 0 Å². The molecule has 11 aromatic rings. The van der Waals surface area contributed by atoms with Crippen LogP contribution in [0.1, 0.15) is 115 Å². The molecule has 5 saturated carbocycles. The molecule has 0 amide bonds. The minimum atomic E-state index is -0.996. The molecule has 5 aliphatic rings. The Bertz CT molecular complexity index is 5010. The highest BCUT2D eigenvalue weighted by Crippen LogP contribution is 2.45. The van der Waals surface area contributed by atoms with E-state index in [4.69, 9.17) is 29.2 Å². The van der Waals surface area contributed by atoms with Crippen molar-refractivity contribution in [2.24, 2.45) is 11.8 Å². The van der Waals surface area contributed by atoms with E-state index in [2.05, 4.69) is 68.6 Å². The third-order valence-corrected chi connectivity index (χ3v) is 23.8. The molecule has 5 aliphatic carbocycles. The zero-order chi connectivity index (χ0) is 76.0. The number of nitrogens with one attached hydrogen (secondary N) is 3. The standard InChI is InChI=1S/C24H30N6O3S.C16H16N2O3S.C13H11BrN2O3S.C13H12N2O4S.C9H8N2S/c1-11-19(23-29-17-9-25-15(13-4-5-13)7-18(17)34-23)22(30-24(27-11)26-8-12-2-3-12)28-16-6-14(10-31)20(32)21(16)33;1-21-13-6-2-11(3-7-13)10-22-16-8-14(12-4-5-12)17-9-15(16)18(19)20;1-19-10-4-2-9(3-5-10)8-20-12-6-13(14)15-7-11(12)16(17)18;1-19-10-4-2-9(3-5-10)8-20-12-6-13(16)14-7-11(12)15(17)18;1-2-6(1)7-3-9-8(4-10-7)11-5-12-9/h7,9,12-14,16,20-21,31-33H,2-6,8,10H2,1H3,(H2,26,27,28,30);2-3,6-9,12H,4-5,10H2,1H3;2-7H,8H2,1H3;2-7H,8H2,1H3,(H,14,16);3-6H,1-2H2/t14-,16-,20-,21+;;;;/m1..../s1. The van der Waals surface area contributed by atoms with E-state index in [1.807, 2.05) is 104 Å². The number of methoxy groups -OCH3 is 3. The molecule has 27 nitrogen and oxygen atoms in total. The Morgan fingerprint density at radius 1 is 0.593 bits per heavy atom. The predicted octanol–water partition coefficient (Wildman–Crippen LogP) is 16.0. The number of nitro groups is 3. The lowest BCUT2D eigenvalue weighted by Gasteiger charge is -2.21. The van der Waals surface area contributed by atoms with Crippen LogP contribution >= 0.6 is 73.9 Å². The van der Waals surface area contributed by atoms with Crippen LogP contribution in [0, 0.1) is 49.1 Å². The van der Waals surface area contributed by atoms with E-state index < -0.39 is 28.1 Å². The Morgan fingerprint density at radius 2 is 1.08 bits per heavy atom. The van der Waals surface area contributed by atoms with Gasteiger partial charge in [0.15, 0.2) is 0 Å². The fraction of sp³-hybridized carbons (Fsp3) is 0.347. The molecule has 5 fully saturated rings. The molecule has 4 atom stereocenters. The van der Waals surface area contributed by atoms with Gasteiger partial charge in [-0.05, 0) is 164 Å². The van der Waals surface area contributed by atoms with Gasteiger partial charge in [0.1, 0.15) is 56.7 Å². The highest BCUT2D eigenvalue weighted by Gasteiger charge is 2.42. The third-order valence-electron chi connectivity index (χ3n) is 18.2. The maximum atomic E-state index is 11.3. The lowest BCUT2D eigenvalue weighted by Crippen LogP contribution is -2.35. The quantitative estimate of drug-likeness (QED) is 0.0134. The van der Waals surface area contributed by atoms with Gasteiger partial charge in [-0.3, -0.25) is 50.1 Å². The zero-order valence-electron chi connectivity index (χ0n) is 59.1.